The minimum atomic E-state index is -0.543. The SMILES string of the molecule is COCCOCCN(C)C(=O)c1cc2n(n1)CCCN(C(=O)OC(C)(C)C)C2. The summed E-state index contributed by atoms with van der Waals surface area (Å²) in [6.45, 7) is 9.10. The van der Waals surface area contributed by atoms with E-state index in [4.69, 9.17) is 14.2 Å². The van der Waals surface area contributed by atoms with Gasteiger partial charge in [0.1, 0.15) is 5.60 Å². The van der Waals surface area contributed by atoms with E-state index in [2.05, 4.69) is 5.10 Å². The molecule has 9 nitrogen and oxygen atoms in total. The lowest BCUT2D eigenvalue weighted by atomic mass is 10.2. The van der Waals surface area contributed by atoms with Gasteiger partial charge in [-0.1, -0.05) is 0 Å². The predicted octanol–water partition coefficient (Wildman–Crippen LogP) is 1.76. The van der Waals surface area contributed by atoms with Gasteiger partial charge in [-0.25, -0.2) is 4.79 Å². The maximum absolute atomic E-state index is 12.6. The first-order valence-corrected chi connectivity index (χ1v) is 9.58. The van der Waals surface area contributed by atoms with Crippen molar-refractivity contribution >= 4 is 12.0 Å². The molecule has 2 rings (SSSR count). The highest BCUT2D eigenvalue weighted by molar-refractivity contribution is 5.92. The van der Waals surface area contributed by atoms with Gasteiger partial charge in [0.25, 0.3) is 5.91 Å². The molecule has 0 aromatic carbocycles. The third-order valence-corrected chi connectivity index (χ3v) is 4.23. The minimum Gasteiger partial charge on any atom is -0.444 e. The Hall–Kier alpha value is -2.13. The maximum atomic E-state index is 12.6. The fourth-order valence-corrected chi connectivity index (χ4v) is 2.79. The number of rotatable bonds is 7. The topological polar surface area (TPSA) is 86.1 Å². The highest BCUT2D eigenvalue weighted by Crippen LogP contribution is 2.18. The average Bonchev–Trinajstić information content (AvgIpc) is 2.90. The van der Waals surface area contributed by atoms with Crippen LogP contribution in [0, 0.1) is 0 Å². The molecular formula is C19H32N4O5. The number of carbonyl (C=O) groups excluding carboxylic acids is 2. The number of carbonyl (C=O) groups is 2. The Morgan fingerprint density at radius 2 is 1.96 bits per heavy atom. The van der Waals surface area contributed by atoms with Crippen molar-refractivity contribution in [1.82, 2.24) is 19.6 Å². The molecule has 1 aromatic rings. The average molecular weight is 396 g/mol. The van der Waals surface area contributed by atoms with Crippen LogP contribution in [0.2, 0.25) is 0 Å². The number of hydrogen-bond acceptors (Lipinski definition) is 6. The lowest BCUT2D eigenvalue weighted by Crippen LogP contribution is -2.36. The van der Waals surface area contributed by atoms with Gasteiger partial charge in [0.2, 0.25) is 0 Å². The van der Waals surface area contributed by atoms with Crippen molar-refractivity contribution in [2.75, 3.05) is 47.1 Å². The van der Waals surface area contributed by atoms with Crippen LogP contribution in [0.25, 0.3) is 0 Å². The number of aromatic nitrogens is 2. The zero-order valence-corrected chi connectivity index (χ0v) is 17.6. The number of likely N-dealkylation sites (N-methyl/N-ethyl adjacent to an activating group) is 1. The Labute approximate surface area is 166 Å². The molecule has 0 saturated carbocycles. The Kier molecular flexibility index (Phi) is 7.82. The molecule has 0 saturated heterocycles. The molecule has 1 aromatic heterocycles. The number of ether oxygens (including phenoxy) is 3. The van der Waals surface area contributed by atoms with Crippen molar-refractivity contribution in [2.45, 2.75) is 45.9 Å². The van der Waals surface area contributed by atoms with Crippen LogP contribution in [0.5, 0.6) is 0 Å². The Bertz CT molecular complexity index is 668. The summed E-state index contributed by atoms with van der Waals surface area (Å²) in [6.07, 6.45) is 0.408. The second-order valence-corrected chi connectivity index (χ2v) is 7.83. The summed E-state index contributed by atoms with van der Waals surface area (Å²) in [6, 6.07) is 1.76. The molecule has 2 amide bonds. The zero-order valence-electron chi connectivity index (χ0n) is 17.6. The monoisotopic (exact) mass is 396 g/mol. The number of hydrogen-bond donors (Lipinski definition) is 0. The second kappa shape index (κ2) is 9.88. The fraction of sp³-hybridized carbons (Fsp3) is 0.737. The van der Waals surface area contributed by atoms with Crippen LogP contribution in [0.3, 0.4) is 0 Å². The summed E-state index contributed by atoms with van der Waals surface area (Å²) >= 11 is 0. The van der Waals surface area contributed by atoms with Gasteiger partial charge in [-0.05, 0) is 33.3 Å². The van der Waals surface area contributed by atoms with E-state index in [1.165, 1.54) is 0 Å². The Balaban J connectivity index is 1.97. The number of fused-ring (bicyclic) bond motifs is 1. The van der Waals surface area contributed by atoms with E-state index in [1.807, 2.05) is 20.8 Å². The van der Waals surface area contributed by atoms with Gasteiger partial charge in [-0.15, -0.1) is 0 Å². The quantitative estimate of drug-likeness (QED) is 0.653. The van der Waals surface area contributed by atoms with E-state index in [9.17, 15) is 9.59 Å². The molecule has 9 heteroatoms. The lowest BCUT2D eigenvalue weighted by Gasteiger charge is -2.26. The summed E-state index contributed by atoms with van der Waals surface area (Å²) in [5.74, 6) is -0.167. The van der Waals surface area contributed by atoms with Crippen molar-refractivity contribution in [3.8, 4) is 0 Å². The van der Waals surface area contributed by atoms with Gasteiger partial charge in [0.15, 0.2) is 5.69 Å². The van der Waals surface area contributed by atoms with Gasteiger partial charge in [0.05, 0.1) is 32.1 Å². The van der Waals surface area contributed by atoms with E-state index in [0.717, 1.165) is 12.1 Å². The van der Waals surface area contributed by atoms with Crippen LogP contribution in [0.1, 0.15) is 43.4 Å². The number of methoxy groups -OCH3 is 1. The van der Waals surface area contributed by atoms with Gasteiger partial charge in [0, 0.05) is 33.8 Å². The summed E-state index contributed by atoms with van der Waals surface area (Å²) in [4.78, 5) is 28.3. The molecule has 158 valence electrons. The van der Waals surface area contributed by atoms with Gasteiger partial charge in [-0.3, -0.25) is 9.48 Å². The normalized spacial score (nSPS) is 14.4. The first-order valence-electron chi connectivity index (χ1n) is 9.58. The highest BCUT2D eigenvalue weighted by Gasteiger charge is 2.26. The maximum Gasteiger partial charge on any atom is 0.410 e. The number of amides is 2. The summed E-state index contributed by atoms with van der Waals surface area (Å²) in [5, 5.41) is 4.44. The molecule has 0 aliphatic carbocycles. The molecule has 0 N–H and O–H groups in total. The third-order valence-electron chi connectivity index (χ3n) is 4.23. The molecule has 0 radical (unpaired) electrons. The molecule has 1 aliphatic rings. The first-order chi connectivity index (χ1) is 13.2. The molecule has 0 bridgehead atoms. The van der Waals surface area contributed by atoms with Crippen molar-refractivity contribution < 1.29 is 23.8 Å². The fourth-order valence-electron chi connectivity index (χ4n) is 2.79. The van der Waals surface area contributed by atoms with E-state index in [0.29, 0.717) is 51.7 Å². The standard InChI is InChI=1S/C19H32N4O5/c1-19(2,3)28-18(25)22-7-6-8-23-15(14-22)13-16(20-23)17(24)21(4)9-10-27-12-11-26-5/h13H,6-12,14H2,1-5H3. The van der Waals surface area contributed by atoms with E-state index in [-0.39, 0.29) is 12.0 Å². The summed E-state index contributed by atoms with van der Waals surface area (Å²) in [5.41, 5.74) is 0.663. The third kappa shape index (κ3) is 6.49. The second-order valence-electron chi connectivity index (χ2n) is 7.83. The molecule has 28 heavy (non-hydrogen) atoms. The predicted molar refractivity (Wildman–Crippen MR) is 103 cm³/mol. The highest BCUT2D eigenvalue weighted by atomic mass is 16.6. The van der Waals surface area contributed by atoms with Crippen LogP contribution < -0.4 is 0 Å². The van der Waals surface area contributed by atoms with Crippen LogP contribution in [-0.4, -0.2) is 84.2 Å². The first kappa shape index (κ1) is 22.2. The largest absolute Gasteiger partial charge is 0.444 e. The molecular weight excluding hydrogens is 364 g/mol. The molecule has 0 fully saturated rings. The van der Waals surface area contributed by atoms with Crippen molar-refractivity contribution in [1.29, 1.82) is 0 Å². The minimum absolute atomic E-state index is 0.167. The lowest BCUT2D eigenvalue weighted by molar-refractivity contribution is 0.0236. The van der Waals surface area contributed by atoms with Crippen LogP contribution >= 0.6 is 0 Å². The van der Waals surface area contributed by atoms with Crippen LogP contribution in [-0.2, 0) is 27.3 Å². The molecule has 1 aliphatic heterocycles. The van der Waals surface area contributed by atoms with Crippen LogP contribution in [0.4, 0.5) is 4.79 Å². The smallest absolute Gasteiger partial charge is 0.410 e. The molecule has 0 spiro atoms. The van der Waals surface area contributed by atoms with Crippen molar-refractivity contribution in [3.05, 3.63) is 17.5 Å². The van der Waals surface area contributed by atoms with Crippen molar-refractivity contribution in [3.63, 3.8) is 0 Å². The summed E-state index contributed by atoms with van der Waals surface area (Å²) < 4.78 is 17.6. The molecule has 0 unspecified atom stereocenters. The number of nitrogens with zero attached hydrogens (tertiary/aromatic N) is 4. The number of aryl methyl sites for hydroxylation is 1. The zero-order chi connectivity index (χ0) is 20.7. The summed E-state index contributed by atoms with van der Waals surface area (Å²) in [7, 11) is 3.34. The Morgan fingerprint density at radius 1 is 1.21 bits per heavy atom. The Morgan fingerprint density at radius 3 is 2.64 bits per heavy atom. The van der Waals surface area contributed by atoms with Gasteiger partial charge >= 0.3 is 6.09 Å². The van der Waals surface area contributed by atoms with Crippen molar-refractivity contribution in [2.24, 2.45) is 0 Å². The van der Waals surface area contributed by atoms with E-state index < -0.39 is 5.60 Å². The van der Waals surface area contributed by atoms with E-state index >= 15 is 0 Å². The van der Waals surface area contributed by atoms with Gasteiger partial charge in [-0.2, -0.15) is 5.10 Å². The van der Waals surface area contributed by atoms with Crippen LogP contribution in [0.15, 0.2) is 6.07 Å². The molecule has 0 atom stereocenters. The van der Waals surface area contributed by atoms with Gasteiger partial charge < -0.3 is 24.0 Å². The molecule has 2 heterocycles. The van der Waals surface area contributed by atoms with E-state index in [1.54, 1.807) is 34.7 Å².